The second-order valence-corrected chi connectivity index (χ2v) is 6.30. The molecule has 0 aliphatic carbocycles. The first kappa shape index (κ1) is 18.5. The van der Waals surface area contributed by atoms with Crippen LogP contribution < -0.4 is 15.1 Å². The van der Waals surface area contributed by atoms with Gasteiger partial charge >= 0.3 is 0 Å². The molecule has 0 unspecified atom stereocenters. The van der Waals surface area contributed by atoms with Gasteiger partial charge in [-0.1, -0.05) is 18.2 Å². The van der Waals surface area contributed by atoms with E-state index < -0.39 is 6.10 Å². The normalized spacial score (nSPS) is 12.0. The Morgan fingerprint density at radius 2 is 1.72 bits per heavy atom. The Balaban J connectivity index is 1.90. The zero-order valence-corrected chi connectivity index (χ0v) is 15.4. The number of nitrogens with zero attached hydrogens (tertiary/aromatic N) is 2. The van der Waals surface area contributed by atoms with Crippen LogP contribution in [0.3, 0.4) is 0 Å². The molecule has 1 atom stereocenters. The van der Waals surface area contributed by atoms with Gasteiger partial charge in [0.25, 0.3) is 5.91 Å². The molecule has 0 aromatic heterocycles. The van der Waals surface area contributed by atoms with Gasteiger partial charge in [-0.2, -0.15) is 5.10 Å². The number of hydrogen-bond acceptors (Lipinski definition) is 4. The number of hydrogen-bond donors (Lipinski definition) is 1. The van der Waals surface area contributed by atoms with Crippen LogP contribution in [0.2, 0.25) is 0 Å². The Labute approximate surface area is 149 Å². The van der Waals surface area contributed by atoms with Crippen LogP contribution in [-0.2, 0) is 4.79 Å². The largest absolute Gasteiger partial charge is 0.481 e. The summed E-state index contributed by atoms with van der Waals surface area (Å²) in [6.07, 6.45) is 0.982. The molecule has 0 heterocycles. The third-order valence-corrected chi connectivity index (χ3v) is 3.68. The number of carbonyl (C=O) groups excluding carboxylic acids is 1. The first-order valence-electron chi connectivity index (χ1n) is 8.20. The van der Waals surface area contributed by atoms with Gasteiger partial charge in [-0.3, -0.25) is 4.79 Å². The summed E-state index contributed by atoms with van der Waals surface area (Å²) < 4.78 is 5.69. The van der Waals surface area contributed by atoms with E-state index in [1.807, 2.05) is 69.2 Å². The molecular weight excluding hydrogens is 314 g/mol. The van der Waals surface area contributed by atoms with Gasteiger partial charge in [0.2, 0.25) is 0 Å². The van der Waals surface area contributed by atoms with Gasteiger partial charge in [0.15, 0.2) is 6.10 Å². The second-order valence-electron chi connectivity index (χ2n) is 6.30. The van der Waals surface area contributed by atoms with Crippen LogP contribution in [0.1, 0.15) is 23.6 Å². The quantitative estimate of drug-likeness (QED) is 0.649. The Hall–Kier alpha value is -2.82. The minimum Gasteiger partial charge on any atom is -0.481 e. The summed E-state index contributed by atoms with van der Waals surface area (Å²) in [6.45, 7) is 5.70. The highest BCUT2D eigenvalue weighted by atomic mass is 16.5. The number of anilines is 1. The Kier molecular flexibility index (Phi) is 6.17. The monoisotopic (exact) mass is 339 g/mol. The summed E-state index contributed by atoms with van der Waals surface area (Å²) in [6, 6.07) is 13.8. The maximum absolute atomic E-state index is 12.1. The highest BCUT2D eigenvalue weighted by molar-refractivity contribution is 5.84. The van der Waals surface area contributed by atoms with Crippen molar-refractivity contribution >= 4 is 17.8 Å². The van der Waals surface area contributed by atoms with Crippen LogP contribution in [0.25, 0.3) is 0 Å². The standard InChI is InChI=1S/C20H25N3O2/c1-14-10-15(2)12-19(11-14)25-16(3)20(24)22-21-13-17-6-8-18(9-7-17)23(4)5/h6-13,16H,1-5H3,(H,22,24)/b21-13+/t16-/m1/s1. The van der Waals surface area contributed by atoms with E-state index in [-0.39, 0.29) is 5.91 Å². The number of nitrogens with one attached hydrogen (secondary N) is 1. The van der Waals surface area contributed by atoms with Crippen molar-refractivity contribution < 1.29 is 9.53 Å². The van der Waals surface area contributed by atoms with Gasteiger partial charge in [0, 0.05) is 19.8 Å². The van der Waals surface area contributed by atoms with E-state index in [0.29, 0.717) is 5.75 Å². The lowest BCUT2D eigenvalue weighted by atomic mass is 10.1. The molecule has 5 nitrogen and oxygen atoms in total. The van der Waals surface area contributed by atoms with Gasteiger partial charge in [-0.15, -0.1) is 0 Å². The molecule has 2 aromatic carbocycles. The first-order chi connectivity index (χ1) is 11.8. The van der Waals surface area contributed by atoms with Crippen LogP contribution in [0.4, 0.5) is 5.69 Å². The number of benzene rings is 2. The molecule has 5 heteroatoms. The lowest BCUT2D eigenvalue weighted by Crippen LogP contribution is -2.33. The Morgan fingerprint density at radius 3 is 2.28 bits per heavy atom. The summed E-state index contributed by atoms with van der Waals surface area (Å²) in [7, 11) is 3.97. The molecule has 25 heavy (non-hydrogen) atoms. The number of carbonyl (C=O) groups is 1. The van der Waals surface area contributed by atoms with E-state index in [0.717, 1.165) is 22.4 Å². The van der Waals surface area contributed by atoms with Crippen LogP contribution >= 0.6 is 0 Å². The summed E-state index contributed by atoms with van der Waals surface area (Å²) in [5.41, 5.74) is 6.73. The summed E-state index contributed by atoms with van der Waals surface area (Å²) in [5, 5.41) is 4.00. The molecule has 1 N–H and O–H groups in total. The molecule has 2 aromatic rings. The lowest BCUT2D eigenvalue weighted by molar-refractivity contribution is -0.127. The maximum Gasteiger partial charge on any atom is 0.280 e. The predicted octanol–water partition coefficient (Wildman–Crippen LogP) is 3.29. The van der Waals surface area contributed by atoms with E-state index in [2.05, 4.69) is 16.6 Å². The predicted molar refractivity (Wildman–Crippen MR) is 103 cm³/mol. The van der Waals surface area contributed by atoms with Crippen molar-refractivity contribution in [2.24, 2.45) is 5.10 Å². The second kappa shape index (κ2) is 8.33. The fourth-order valence-corrected chi connectivity index (χ4v) is 2.38. The highest BCUT2D eigenvalue weighted by Gasteiger charge is 2.14. The minimum atomic E-state index is -0.630. The van der Waals surface area contributed by atoms with Gasteiger partial charge in [0.05, 0.1) is 6.21 Å². The van der Waals surface area contributed by atoms with Gasteiger partial charge in [-0.25, -0.2) is 5.43 Å². The van der Waals surface area contributed by atoms with E-state index in [1.54, 1.807) is 13.1 Å². The topological polar surface area (TPSA) is 53.9 Å². The number of amides is 1. The third-order valence-electron chi connectivity index (χ3n) is 3.68. The van der Waals surface area contributed by atoms with Gasteiger partial charge in [-0.05, 0) is 61.7 Å². The van der Waals surface area contributed by atoms with E-state index in [1.165, 1.54) is 0 Å². The van der Waals surface area contributed by atoms with Crippen molar-refractivity contribution in [3.05, 3.63) is 59.2 Å². The zero-order valence-electron chi connectivity index (χ0n) is 15.4. The molecule has 0 bridgehead atoms. The fraction of sp³-hybridized carbons (Fsp3) is 0.300. The van der Waals surface area contributed by atoms with E-state index >= 15 is 0 Å². The molecule has 0 radical (unpaired) electrons. The van der Waals surface area contributed by atoms with Crippen molar-refractivity contribution in [1.29, 1.82) is 0 Å². The van der Waals surface area contributed by atoms with Crippen LogP contribution in [-0.4, -0.2) is 32.3 Å². The number of ether oxygens (including phenoxy) is 1. The third kappa shape index (κ3) is 5.64. The molecule has 0 saturated heterocycles. The summed E-state index contributed by atoms with van der Waals surface area (Å²) in [4.78, 5) is 14.1. The van der Waals surface area contributed by atoms with Crippen molar-refractivity contribution in [1.82, 2.24) is 5.43 Å². The van der Waals surface area contributed by atoms with Gasteiger partial charge < -0.3 is 9.64 Å². The number of rotatable bonds is 6. The van der Waals surface area contributed by atoms with Crippen LogP contribution in [0, 0.1) is 13.8 Å². The van der Waals surface area contributed by atoms with Crippen molar-refractivity contribution in [2.75, 3.05) is 19.0 Å². The first-order valence-corrected chi connectivity index (χ1v) is 8.20. The van der Waals surface area contributed by atoms with Crippen molar-refractivity contribution in [2.45, 2.75) is 26.9 Å². The lowest BCUT2D eigenvalue weighted by Gasteiger charge is -2.14. The molecular formula is C20H25N3O2. The molecule has 1 amide bonds. The maximum atomic E-state index is 12.1. The fourth-order valence-electron chi connectivity index (χ4n) is 2.38. The zero-order chi connectivity index (χ0) is 18.4. The number of hydrazone groups is 1. The molecule has 0 spiro atoms. The van der Waals surface area contributed by atoms with Crippen molar-refractivity contribution in [3.8, 4) is 5.75 Å². The molecule has 2 rings (SSSR count). The number of aryl methyl sites for hydroxylation is 2. The van der Waals surface area contributed by atoms with Crippen molar-refractivity contribution in [3.63, 3.8) is 0 Å². The molecule has 0 fully saturated rings. The molecule has 0 aliphatic rings. The molecule has 0 saturated carbocycles. The van der Waals surface area contributed by atoms with Crippen LogP contribution in [0.15, 0.2) is 47.6 Å². The molecule has 0 aliphatic heterocycles. The average molecular weight is 339 g/mol. The smallest absolute Gasteiger partial charge is 0.280 e. The Morgan fingerprint density at radius 1 is 1.12 bits per heavy atom. The van der Waals surface area contributed by atoms with E-state index in [4.69, 9.17) is 4.74 Å². The molecule has 132 valence electrons. The summed E-state index contributed by atoms with van der Waals surface area (Å²) >= 11 is 0. The van der Waals surface area contributed by atoms with E-state index in [9.17, 15) is 4.79 Å². The SMILES string of the molecule is Cc1cc(C)cc(O[C@H](C)C(=O)N/N=C/c2ccc(N(C)C)cc2)c1. The minimum absolute atomic E-state index is 0.291. The average Bonchev–Trinajstić information content (AvgIpc) is 2.54. The van der Waals surface area contributed by atoms with Crippen LogP contribution in [0.5, 0.6) is 5.75 Å². The Bertz CT molecular complexity index is 732. The highest BCUT2D eigenvalue weighted by Crippen LogP contribution is 2.17. The van der Waals surface area contributed by atoms with Gasteiger partial charge in [0.1, 0.15) is 5.75 Å². The summed E-state index contributed by atoms with van der Waals surface area (Å²) in [5.74, 6) is 0.392.